The van der Waals surface area contributed by atoms with Crippen LogP contribution in [0.2, 0.25) is 10.0 Å². The van der Waals surface area contributed by atoms with Crippen molar-refractivity contribution in [2.24, 2.45) is 0 Å². The first-order chi connectivity index (χ1) is 17.4. The van der Waals surface area contributed by atoms with Gasteiger partial charge < -0.3 is 15.6 Å². The first kappa shape index (κ1) is 23.4. The lowest BCUT2D eigenvalue weighted by molar-refractivity contribution is -0.115. The number of para-hydroxylation sites is 1. The summed E-state index contributed by atoms with van der Waals surface area (Å²) in [6, 6.07) is 18.8. The van der Waals surface area contributed by atoms with Crippen molar-refractivity contribution in [1.82, 2.24) is 15.1 Å². The number of benzene rings is 3. The summed E-state index contributed by atoms with van der Waals surface area (Å²) < 4.78 is 4.57. The van der Waals surface area contributed by atoms with E-state index in [4.69, 9.17) is 23.2 Å². The van der Waals surface area contributed by atoms with Crippen LogP contribution in [0.1, 0.15) is 16.1 Å². The molecule has 0 aliphatic carbocycles. The van der Waals surface area contributed by atoms with Gasteiger partial charge in [0, 0.05) is 21.0 Å². The number of nitrogens with one attached hydrogen (secondary N) is 4. The maximum Gasteiger partial charge on any atom is 0.439 e. The molecule has 3 aromatic carbocycles. The first-order valence-electron chi connectivity index (χ1n) is 10.7. The molecule has 9 nitrogen and oxygen atoms in total. The molecule has 0 bridgehead atoms. The molecule has 4 N–H and O–H groups in total. The van der Waals surface area contributed by atoms with Gasteiger partial charge in [-0.2, -0.15) is 0 Å². The van der Waals surface area contributed by atoms with E-state index in [2.05, 4.69) is 30.3 Å². The number of hydrogen-bond acceptors (Lipinski definition) is 5. The third kappa shape index (κ3) is 5.02. The molecule has 5 rings (SSSR count). The molecular weight excluding hydrogens is 505 g/mol. The van der Waals surface area contributed by atoms with Crippen LogP contribution >= 0.6 is 23.2 Å². The summed E-state index contributed by atoms with van der Waals surface area (Å²) in [4.78, 5) is 42.6. The molecule has 36 heavy (non-hydrogen) atoms. The highest BCUT2D eigenvalue weighted by molar-refractivity contribution is 6.31. The van der Waals surface area contributed by atoms with Gasteiger partial charge >= 0.3 is 5.76 Å². The number of rotatable bonds is 6. The van der Waals surface area contributed by atoms with Gasteiger partial charge in [0.25, 0.3) is 5.91 Å². The van der Waals surface area contributed by atoms with Crippen LogP contribution in [-0.2, 0) is 11.2 Å². The van der Waals surface area contributed by atoms with Gasteiger partial charge in [0.1, 0.15) is 5.69 Å². The summed E-state index contributed by atoms with van der Waals surface area (Å²) in [5.74, 6) is -1.28. The molecule has 0 fully saturated rings. The summed E-state index contributed by atoms with van der Waals surface area (Å²) in [5, 5.41) is 11.0. The zero-order valence-corrected chi connectivity index (χ0v) is 19.9. The molecule has 0 spiro atoms. The lowest BCUT2D eigenvalue weighted by Gasteiger charge is -2.09. The topological polar surface area (TPSA) is 133 Å². The largest absolute Gasteiger partial charge is 0.439 e. The van der Waals surface area contributed by atoms with E-state index >= 15 is 0 Å². The van der Waals surface area contributed by atoms with Gasteiger partial charge in [0.2, 0.25) is 5.91 Å². The second kappa shape index (κ2) is 9.73. The number of halogens is 2. The van der Waals surface area contributed by atoms with Crippen molar-refractivity contribution in [3.8, 4) is 11.4 Å². The predicted octanol–water partition coefficient (Wildman–Crippen LogP) is 5.25. The zero-order valence-electron chi connectivity index (χ0n) is 18.4. The number of hydrogen-bond donors (Lipinski definition) is 4. The average Bonchev–Trinajstić information content (AvgIpc) is 3.47. The Morgan fingerprint density at radius 1 is 0.889 bits per heavy atom. The lowest BCUT2D eigenvalue weighted by Crippen LogP contribution is -2.15. The van der Waals surface area contributed by atoms with E-state index < -0.39 is 11.7 Å². The van der Waals surface area contributed by atoms with Crippen molar-refractivity contribution in [2.75, 3.05) is 10.6 Å². The van der Waals surface area contributed by atoms with Crippen LogP contribution in [0.3, 0.4) is 0 Å². The molecule has 5 aromatic rings. The van der Waals surface area contributed by atoms with Gasteiger partial charge in [0.15, 0.2) is 5.82 Å². The van der Waals surface area contributed by atoms with E-state index in [1.165, 1.54) is 0 Å². The number of amides is 2. The van der Waals surface area contributed by atoms with E-state index in [0.717, 1.165) is 10.9 Å². The quantitative estimate of drug-likeness (QED) is 0.242. The Kier molecular flexibility index (Phi) is 6.32. The SMILES string of the molecule is O=C(Cc1cccc(Cl)c1)Nc1cccc2cc(C(=O)Nc3ccc(Cl)cc3-c3noc(=O)[nH]3)[nH]c12. The minimum Gasteiger partial charge on any atom is -0.349 e. The van der Waals surface area contributed by atoms with Gasteiger partial charge in [-0.05, 0) is 48.0 Å². The van der Waals surface area contributed by atoms with E-state index in [1.54, 1.807) is 54.6 Å². The Labute approximate surface area is 213 Å². The van der Waals surface area contributed by atoms with Crippen LogP contribution in [-0.4, -0.2) is 26.9 Å². The number of carbonyl (C=O) groups is 2. The van der Waals surface area contributed by atoms with Crippen molar-refractivity contribution in [3.05, 3.63) is 98.6 Å². The van der Waals surface area contributed by atoms with Gasteiger partial charge in [-0.25, -0.2) is 4.79 Å². The highest BCUT2D eigenvalue weighted by Gasteiger charge is 2.17. The maximum absolute atomic E-state index is 13.1. The second-order valence-electron chi connectivity index (χ2n) is 7.90. The monoisotopic (exact) mass is 521 g/mol. The summed E-state index contributed by atoms with van der Waals surface area (Å²) in [7, 11) is 0. The van der Waals surface area contributed by atoms with Crippen molar-refractivity contribution in [1.29, 1.82) is 0 Å². The van der Waals surface area contributed by atoms with E-state index in [9.17, 15) is 14.4 Å². The van der Waals surface area contributed by atoms with Crippen LogP contribution in [0.15, 0.2) is 76.0 Å². The molecule has 180 valence electrons. The van der Waals surface area contributed by atoms with E-state index in [1.807, 2.05) is 12.1 Å². The van der Waals surface area contributed by atoms with Gasteiger partial charge in [-0.1, -0.05) is 52.6 Å². The van der Waals surface area contributed by atoms with Gasteiger partial charge in [0.05, 0.1) is 23.3 Å². The van der Waals surface area contributed by atoms with Crippen molar-refractivity contribution >= 4 is 57.3 Å². The number of aromatic nitrogens is 3. The molecule has 0 unspecified atom stereocenters. The number of aromatic amines is 2. The first-order valence-corrected chi connectivity index (χ1v) is 11.4. The Hall–Kier alpha value is -4.34. The molecule has 0 saturated heterocycles. The summed E-state index contributed by atoms with van der Waals surface area (Å²) in [5.41, 5.74) is 2.92. The number of carbonyl (C=O) groups excluding carboxylic acids is 2. The molecule has 0 radical (unpaired) electrons. The molecule has 2 heterocycles. The van der Waals surface area contributed by atoms with Crippen LogP contribution in [0.25, 0.3) is 22.3 Å². The predicted molar refractivity (Wildman–Crippen MR) is 138 cm³/mol. The fourth-order valence-corrected chi connectivity index (χ4v) is 4.15. The van der Waals surface area contributed by atoms with Crippen LogP contribution in [0, 0.1) is 0 Å². The van der Waals surface area contributed by atoms with Gasteiger partial charge in [-0.15, -0.1) is 0 Å². The third-order valence-electron chi connectivity index (χ3n) is 5.35. The lowest BCUT2D eigenvalue weighted by atomic mass is 10.1. The minimum atomic E-state index is -0.734. The molecule has 0 atom stereocenters. The molecule has 0 saturated carbocycles. The van der Waals surface area contributed by atoms with Crippen molar-refractivity contribution in [2.45, 2.75) is 6.42 Å². The maximum atomic E-state index is 13.1. The standard InChI is InChI=1S/C25H17Cl2N5O4/c26-15-5-1-3-13(9-15)10-21(33)28-19-6-2-4-14-11-20(29-22(14)19)24(34)30-18-8-7-16(27)12-17(18)23-31-25(35)36-32-23/h1-9,11-12,29H,10H2,(H,28,33)(H,30,34)(H,31,32,35). The smallest absolute Gasteiger partial charge is 0.349 e. The van der Waals surface area contributed by atoms with Gasteiger partial charge in [-0.3, -0.25) is 19.1 Å². The molecular formula is C25H17Cl2N5O4. The Balaban J connectivity index is 1.38. The third-order valence-corrected chi connectivity index (χ3v) is 5.82. The molecule has 0 aliphatic rings. The van der Waals surface area contributed by atoms with E-state index in [-0.39, 0.29) is 23.8 Å². The van der Waals surface area contributed by atoms with Crippen LogP contribution < -0.4 is 16.4 Å². The highest BCUT2D eigenvalue weighted by atomic mass is 35.5. The van der Waals surface area contributed by atoms with Crippen LogP contribution in [0.4, 0.5) is 11.4 Å². The molecule has 2 amide bonds. The number of H-pyrrole nitrogens is 2. The molecule has 11 heteroatoms. The normalized spacial score (nSPS) is 10.9. The van der Waals surface area contributed by atoms with Crippen LogP contribution in [0.5, 0.6) is 0 Å². The number of anilines is 2. The number of fused-ring (bicyclic) bond motifs is 1. The molecule has 0 aliphatic heterocycles. The summed E-state index contributed by atoms with van der Waals surface area (Å²) in [6.45, 7) is 0. The Morgan fingerprint density at radius 2 is 1.69 bits per heavy atom. The van der Waals surface area contributed by atoms with Crippen molar-refractivity contribution < 1.29 is 14.1 Å². The number of nitrogens with zero attached hydrogens (tertiary/aromatic N) is 1. The highest BCUT2D eigenvalue weighted by Crippen LogP contribution is 2.29. The molecule has 2 aromatic heterocycles. The average molecular weight is 522 g/mol. The second-order valence-corrected chi connectivity index (χ2v) is 8.77. The van der Waals surface area contributed by atoms with E-state index in [0.29, 0.717) is 32.5 Å². The fraction of sp³-hybridized carbons (Fsp3) is 0.0400. The minimum absolute atomic E-state index is 0.124. The zero-order chi connectivity index (χ0) is 25.2. The van der Waals surface area contributed by atoms with Crippen molar-refractivity contribution in [3.63, 3.8) is 0 Å². The summed E-state index contributed by atoms with van der Waals surface area (Å²) in [6.07, 6.45) is 0.147. The summed E-state index contributed by atoms with van der Waals surface area (Å²) >= 11 is 12.1. The Morgan fingerprint density at radius 3 is 2.47 bits per heavy atom. The fourth-order valence-electron chi connectivity index (χ4n) is 3.77. The Bertz CT molecular complexity index is 1670.